The van der Waals surface area contributed by atoms with Crippen molar-refractivity contribution < 1.29 is 4.79 Å². The lowest BCUT2D eigenvalue weighted by atomic mass is 10.2. The Morgan fingerprint density at radius 2 is 2.58 bits per heavy atom. The van der Waals surface area contributed by atoms with Crippen LogP contribution in [0.3, 0.4) is 0 Å². The number of nitrogens with one attached hydrogen (secondary N) is 2. The number of amides is 1. The Labute approximate surface area is 73.2 Å². The zero-order valence-electron chi connectivity index (χ0n) is 7.31. The van der Waals surface area contributed by atoms with Crippen molar-refractivity contribution >= 4 is 5.91 Å². The van der Waals surface area contributed by atoms with Gasteiger partial charge < -0.3 is 10.6 Å². The van der Waals surface area contributed by atoms with Crippen molar-refractivity contribution in [3.8, 4) is 0 Å². The Kier molecular flexibility index (Phi) is 3.80. The first-order valence-electron chi connectivity index (χ1n) is 4.46. The molecule has 0 aromatic carbocycles. The second-order valence-electron chi connectivity index (χ2n) is 3.02. The van der Waals surface area contributed by atoms with Crippen LogP contribution in [0.15, 0.2) is 12.7 Å². The lowest BCUT2D eigenvalue weighted by molar-refractivity contribution is -0.122. The summed E-state index contributed by atoms with van der Waals surface area (Å²) in [6.07, 6.45) is 4.74. The summed E-state index contributed by atoms with van der Waals surface area (Å²) in [5, 5.41) is 6.00. The first-order valence-corrected chi connectivity index (χ1v) is 4.46. The number of hydrogen-bond donors (Lipinski definition) is 2. The SMILES string of the molecule is C=CCCNC(=O)C1CCCN1. The predicted octanol–water partition coefficient (Wildman–Crippen LogP) is 0.431. The smallest absolute Gasteiger partial charge is 0.237 e. The van der Waals surface area contributed by atoms with Crippen molar-refractivity contribution in [1.82, 2.24) is 10.6 Å². The molecule has 3 heteroatoms. The lowest BCUT2D eigenvalue weighted by Gasteiger charge is -2.09. The molecule has 12 heavy (non-hydrogen) atoms. The van der Waals surface area contributed by atoms with E-state index in [0.29, 0.717) is 6.54 Å². The summed E-state index contributed by atoms with van der Waals surface area (Å²) in [6, 6.07) is 0.0508. The molecule has 0 aliphatic carbocycles. The van der Waals surface area contributed by atoms with Gasteiger partial charge in [0.2, 0.25) is 5.91 Å². The number of carbonyl (C=O) groups is 1. The van der Waals surface area contributed by atoms with E-state index in [1.54, 1.807) is 0 Å². The second-order valence-corrected chi connectivity index (χ2v) is 3.02. The maximum atomic E-state index is 11.3. The third kappa shape index (κ3) is 2.66. The van der Waals surface area contributed by atoms with E-state index in [2.05, 4.69) is 17.2 Å². The summed E-state index contributed by atoms with van der Waals surface area (Å²) in [6.45, 7) is 5.27. The summed E-state index contributed by atoms with van der Waals surface area (Å²) in [5.41, 5.74) is 0. The molecule has 0 aromatic heterocycles. The molecule has 1 aliphatic rings. The van der Waals surface area contributed by atoms with Gasteiger partial charge in [0.15, 0.2) is 0 Å². The Hall–Kier alpha value is -0.830. The summed E-state index contributed by atoms with van der Waals surface area (Å²) < 4.78 is 0. The van der Waals surface area contributed by atoms with Gasteiger partial charge in [-0.05, 0) is 25.8 Å². The van der Waals surface area contributed by atoms with Gasteiger partial charge >= 0.3 is 0 Å². The molecule has 68 valence electrons. The summed E-state index contributed by atoms with van der Waals surface area (Å²) in [5.74, 6) is 0.134. The van der Waals surface area contributed by atoms with Crippen LogP contribution in [-0.4, -0.2) is 25.0 Å². The van der Waals surface area contributed by atoms with E-state index in [1.165, 1.54) is 0 Å². The van der Waals surface area contributed by atoms with Crippen molar-refractivity contribution in [2.24, 2.45) is 0 Å². The Morgan fingerprint density at radius 3 is 3.17 bits per heavy atom. The third-order valence-corrected chi connectivity index (χ3v) is 2.02. The second kappa shape index (κ2) is 4.93. The molecule has 1 saturated heterocycles. The van der Waals surface area contributed by atoms with E-state index >= 15 is 0 Å². The minimum Gasteiger partial charge on any atom is -0.354 e. The van der Waals surface area contributed by atoms with Gasteiger partial charge in [-0.3, -0.25) is 4.79 Å². The standard InChI is InChI=1S/C9H16N2O/c1-2-3-6-11-9(12)8-5-4-7-10-8/h2,8,10H,1,3-7H2,(H,11,12). The Morgan fingerprint density at radius 1 is 1.75 bits per heavy atom. The highest BCUT2D eigenvalue weighted by Crippen LogP contribution is 2.04. The summed E-state index contributed by atoms with van der Waals surface area (Å²) in [7, 11) is 0. The highest BCUT2D eigenvalue weighted by molar-refractivity contribution is 5.81. The monoisotopic (exact) mass is 168 g/mol. The van der Waals surface area contributed by atoms with Gasteiger partial charge in [0.05, 0.1) is 6.04 Å². The fourth-order valence-corrected chi connectivity index (χ4v) is 1.33. The molecule has 3 nitrogen and oxygen atoms in total. The van der Waals surface area contributed by atoms with Gasteiger partial charge in [-0.2, -0.15) is 0 Å². The number of rotatable bonds is 4. The van der Waals surface area contributed by atoms with E-state index in [4.69, 9.17) is 0 Å². The van der Waals surface area contributed by atoms with E-state index in [9.17, 15) is 4.79 Å². The molecule has 1 atom stereocenters. The van der Waals surface area contributed by atoms with Crippen LogP contribution < -0.4 is 10.6 Å². The van der Waals surface area contributed by atoms with Crippen LogP contribution in [0.1, 0.15) is 19.3 Å². The molecule has 1 fully saturated rings. The number of hydrogen-bond acceptors (Lipinski definition) is 2. The molecule has 0 saturated carbocycles. The minimum atomic E-state index is 0.0508. The molecule has 0 aromatic rings. The van der Waals surface area contributed by atoms with Crippen molar-refractivity contribution in [3.63, 3.8) is 0 Å². The Bertz CT molecular complexity index is 162. The van der Waals surface area contributed by atoms with E-state index in [-0.39, 0.29) is 11.9 Å². The maximum absolute atomic E-state index is 11.3. The summed E-state index contributed by atoms with van der Waals surface area (Å²) >= 11 is 0. The fraction of sp³-hybridized carbons (Fsp3) is 0.667. The van der Waals surface area contributed by atoms with Crippen LogP contribution in [0.2, 0.25) is 0 Å². The minimum absolute atomic E-state index is 0.0508. The molecule has 0 spiro atoms. The van der Waals surface area contributed by atoms with Crippen LogP contribution in [0.5, 0.6) is 0 Å². The molecule has 1 rings (SSSR count). The van der Waals surface area contributed by atoms with E-state index < -0.39 is 0 Å². The maximum Gasteiger partial charge on any atom is 0.237 e. The molecule has 2 N–H and O–H groups in total. The van der Waals surface area contributed by atoms with E-state index in [1.807, 2.05) is 6.08 Å². The predicted molar refractivity (Wildman–Crippen MR) is 48.8 cm³/mol. The molecule has 0 radical (unpaired) electrons. The Balaban J connectivity index is 2.14. The van der Waals surface area contributed by atoms with Gasteiger partial charge in [0.25, 0.3) is 0 Å². The molecule has 1 unspecified atom stereocenters. The topological polar surface area (TPSA) is 41.1 Å². The highest BCUT2D eigenvalue weighted by atomic mass is 16.2. The van der Waals surface area contributed by atoms with Gasteiger partial charge in [0, 0.05) is 6.54 Å². The normalized spacial score (nSPS) is 22.2. The molecule has 1 amide bonds. The fourth-order valence-electron chi connectivity index (χ4n) is 1.33. The summed E-state index contributed by atoms with van der Waals surface area (Å²) in [4.78, 5) is 11.3. The zero-order valence-corrected chi connectivity index (χ0v) is 7.31. The molecular formula is C9H16N2O. The van der Waals surface area contributed by atoms with Crippen LogP contribution in [0.4, 0.5) is 0 Å². The largest absolute Gasteiger partial charge is 0.354 e. The average molecular weight is 168 g/mol. The first kappa shape index (κ1) is 9.26. The van der Waals surface area contributed by atoms with Crippen LogP contribution in [0.25, 0.3) is 0 Å². The van der Waals surface area contributed by atoms with Crippen molar-refractivity contribution in [3.05, 3.63) is 12.7 Å². The van der Waals surface area contributed by atoms with Crippen molar-refractivity contribution in [1.29, 1.82) is 0 Å². The van der Waals surface area contributed by atoms with Crippen molar-refractivity contribution in [2.75, 3.05) is 13.1 Å². The number of carbonyl (C=O) groups excluding carboxylic acids is 1. The van der Waals surface area contributed by atoms with Gasteiger partial charge in [-0.1, -0.05) is 6.08 Å². The highest BCUT2D eigenvalue weighted by Gasteiger charge is 2.20. The van der Waals surface area contributed by atoms with Crippen LogP contribution >= 0.6 is 0 Å². The van der Waals surface area contributed by atoms with Crippen LogP contribution in [-0.2, 0) is 4.79 Å². The van der Waals surface area contributed by atoms with Crippen LogP contribution in [0, 0.1) is 0 Å². The lowest BCUT2D eigenvalue weighted by Crippen LogP contribution is -2.40. The molecule has 0 bridgehead atoms. The first-order chi connectivity index (χ1) is 5.84. The average Bonchev–Trinajstić information content (AvgIpc) is 2.56. The zero-order chi connectivity index (χ0) is 8.81. The van der Waals surface area contributed by atoms with Gasteiger partial charge in [0.1, 0.15) is 0 Å². The van der Waals surface area contributed by atoms with Crippen molar-refractivity contribution in [2.45, 2.75) is 25.3 Å². The molecule has 1 heterocycles. The molecular weight excluding hydrogens is 152 g/mol. The molecule has 1 aliphatic heterocycles. The van der Waals surface area contributed by atoms with Gasteiger partial charge in [-0.25, -0.2) is 0 Å². The van der Waals surface area contributed by atoms with Gasteiger partial charge in [-0.15, -0.1) is 6.58 Å². The quantitative estimate of drug-likeness (QED) is 0.472. The van der Waals surface area contributed by atoms with E-state index in [0.717, 1.165) is 25.8 Å². The third-order valence-electron chi connectivity index (χ3n) is 2.02.